The lowest BCUT2D eigenvalue weighted by molar-refractivity contribution is -0.870. The van der Waals surface area contributed by atoms with Gasteiger partial charge in [0.2, 0.25) is 5.91 Å². The maximum atomic E-state index is 13.5. The fraction of sp³-hybridized carbons (Fsp3) is 0.867. The number of nitrogens with zero attached hydrogens (tertiary/aromatic N) is 1. The lowest BCUT2D eigenvalue weighted by Gasteiger charge is -2.30. The predicted octanol–water partition coefficient (Wildman–Crippen LogP) is 17.3. The van der Waals surface area contributed by atoms with Crippen LogP contribution in [0.25, 0.3) is 0 Å². The van der Waals surface area contributed by atoms with Crippen LogP contribution in [-0.4, -0.2) is 69.4 Å². The molecule has 3 atom stereocenters. The highest BCUT2D eigenvalue weighted by Gasteiger charge is 2.27. The molecular weight excluding hydrogens is 892 g/mol. The third kappa shape index (κ3) is 51.1. The summed E-state index contributed by atoms with van der Waals surface area (Å²) in [6, 6.07) is -0.888. The van der Waals surface area contributed by atoms with Crippen LogP contribution in [0.15, 0.2) is 36.5 Å². The van der Waals surface area contributed by atoms with Gasteiger partial charge in [-0.3, -0.25) is 14.2 Å². The Hall–Kier alpha value is -1.77. The van der Waals surface area contributed by atoms with Crippen molar-refractivity contribution in [3.63, 3.8) is 0 Å². The molecule has 70 heavy (non-hydrogen) atoms. The molecule has 0 aromatic carbocycles. The zero-order valence-electron chi connectivity index (χ0n) is 47.0. The minimum absolute atomic E-state index is 0.0221. The molecule has 0 aromatic heterocycles. The van der Waals surface area contributed by atoms with Crippen molar-refractivity contribution in [2.24, 2.45) is 0 Å². The molecule has 0 saturated heterocycles. The Morgan fingerprint density at radius 2 is 0.857 bits per heavy atom. The van der Waals surface area contributed by atoms with Gasteiger partial charge in [-0.25, -0.2) is 0 Å². The molecule has 412 valence electrons. The molecule has 0 rings (SSSR count). The molecule has 0 fully saturated rings. The van der Waals surface area contributed by atoms with Crippen LogP contribution in [0.1, 0.15) is 284 Å². The zero-order chi connectivity index (χ0) is 51.5. The smallest absolute Gasteiger partial charge is 0.306 e. The van der Waals surface area contributed by atoms with E-state index < -0.39 is 20.0 Å². The molecular formula is C60H115N2O7P. The SMILES string of the molecule is CCCCC/C=C/C=C/CCCCCCCCC(=O)OC(/C=C/CCCCCCCCCCCCC)C(COP(=O)([O-])OCC[N+](C)(C)C)NC(=O)CCCCCCCCCCCCCCCCCC. The molecule has 10 heteroatoms. The second kappa shape index (κ2) is 50.7. The summed E-state index contributed by atoms with van der Waals surface area (Å²) < 4.78 is 30.3. The molecule has 0 bridgehead atoms. The van der Waals surface area contributed by atoms with Crippen molar-refractivity contribution in [1.82, 2.24) is 5.32 Å². The number of allylic oxidation sites excluding steroid dienone is 5. The number of esters is 1. The normalized spacial score (nSPS) is 14.0. The molecule has 0 heterocycles. The molecule has 0 spiro atoms. The lowest BCUT2D eigenvalue weighted by Crippen LogP contribution is -2.47. The average molecular weight is 1010 g/mol. The topological polar surface area (TPSA) is 114 Å². The molecule has 0 aliphatic rings. The van der Waals surface area contributed by atoms with Gasteiger partial charge in [0.15, 0.2) is 0 Å². The summed E-state index contributed by atoms with van der Waals surface area (Å²) in [6.07, 6.45) is 59.5. The first kappa shape index (κ1) is 68.2. The van der Waals surface area contributed by atoms with Gasteiger partial charge in [-0.2, -0.15) is 0 Å². The Morgan fingerprint density at radius 3 is 1.29 bits per heavy atom. The van der Waals surface area contributed by atoms with E-state index in [9.17, 15) is 19.0 Å². The molecule has 0 aliphatic carbocycles. The summed E-state index contributed by atoms with van der Waals surface area (Å²) in [4.78, 5) is 39.9. The summed E-state index contributed by atoms with van der Waals surface area (Å²) in [7, 11) is 1.19. The van der Waals surface area contributed by atoms with Crippen LogP contribution in [0.4, 0.5) is 0 Å². The van der Waals surface area contributed by atoms with Crippen LogP contribution in [0.5, 0.6) is 0 Å². The molecule has 0 aliphatic heterocycles. The number of hydrogen-bond acceptors (Lipinski definition) is 7. The van der Waals surface area contributed by atoms with E-state index in [0.29, 0.717) is 17.4 Å². The van der Waals surface area contributed by atoms with Gasteiger partial charge in [-0.05, 0) is 57.4 Å². The number of nitrogens with one attached hydrogen (secondary N) is 1. The van der Waals surface area contributed by atoms with E-state index in [-0.39, 0.29) is 31.5 Å². The standard InChI is InChI=1S/C60H115N2O7P/c1-7-10-13-16-19-22-25-28-30-32-34-37-40-43-46-49-52-59(63)61-57(56-68-70(65,66)67-55-54-62(4,5)6)58(51-48-45-42-39-36-33-27-24-21-18-15-12-9-3)69-60(64)53-50-47-44-41-38-35-31-29-26-23-20-17-14-11-8-2/h20,23,26,29,48,51,57-58H,7-19,21-22,24-25,27-28,30-47,49-50,52-56H2,1-6H3,(H-,61,63,65,66)/b23-20+,29-26+,51-48+. The molecule has 1 N–H and O–H groups in total. The van der Waals surface area contributed by atoms with Crippen LogP contribution in [0.2, 0.25) is 0 Å². The predicted molar refractivity (Wildman–Crippen MR) is 298 cm³/mol. The number of carbonyl (C=O) groups is 2. The van der Waals surface area contributed by atoms with E-state index in [1.54, 1.807) is 0 Å². The summed E-state index contributed by atoms with van der Waals surface area (Å²) in [5.41, 5.74) is 0. The number of carbonyl (C=O) groups excluding carboxylic acids is 2. The van der Waals surface area contributed by atoms with Crippen LogP contribution in [0, 0.1) is 0 Å². The van der Waals surface area contributed by atoms with Gasteiger partial charge >= 0.3 is 5.97 Å². The first-order valence-electron chi connectivity index (χ1n) is 29.8. The highest BCUT2D eigenvalue weighted by molar-refractivity contribution is 7.45. The number of likely N-dealkylation sites (N-methyl/N-ethyl adjacent to an activating group) is 1. The van der Waals surface area contributed by atoms with Crippen LogP contribution in [0.3, 0.4) is 0 Å². The zero-order valence-corrected chi connectivity index (χ0v) is 47.9. The quantitative estimate of drug-likeness (QED) is 0.0161. The second-order valence-corrected chi connectivity index (χ2v) is 22.9. The first-order valence-corrected chi connectivity index (χ1v) is 31.3. The summed E-state index contributed by atoms with van der Waals surface area (Å²) in [5, 5.41) is 3.03. The Bertz CT molecular complexity index is 1300. The highest BCUT2D eigenvalue weighted by Crippen LogP contribution is 2.38. The van der Waals surface area contributed by atoms with E-state index in [0.717, 1.165) is 77.0 Å². The third-order valence-corrected chi connectivity index (χ3v) is 14.3. The number of ether oxygens (including phenoxy) is 1. The van der Waals surface area contributed by atoms with Gasteiger partial charge < -0.3 is 28.5 Å². The fourth-order valence-corrected chi connectivity index (χ4v) is 9.41. The maximum Gasteiger partial charge on any atom is 0.306 e. The Kier molecular flexibility index (Phi) is 49.5. The molecule has 3 unspecified atom stereocenters. The number of amides is 1. The number of phosphoric acid groups is 1. The average Bonchev–Trinajstić information content (AvgIpc) is 3.32. The van der Waals surface area contributed by atoms with Crippen LogP contribution < -0.4 is 10.2 Å². The molecule has 1 amide bonds. The molecule has 9 nitrogen and oxygen atoms in total. The number of hydrogen-bond donors (Lipinski definition) is 1. The van der Waals surface area contributed by atoms with Crippen molar-refractivity contribution in [2.75, 3.05) is 40.9 Å². The minimum atomic E-state index is -4.69. The summed E-state index contributed by atoms with van der Waals surface area (Å²) in [5.74, 6) is -0.543. The Balaban J connectivity index is 5.34. The Morgan fingerprint density at radius 1 is 0.500 bits per heavy atom. The number of phosphoric ester groups is 1. The maximum absolute atomic E-state index is 13.5. The van der Waals surface area contributed by atoms with Gasteiger partial charge in [0.25, 0.3) is 7.82 Å². The Labute approximate surface area is 434 Å². The van der Waals surface area contributed by atoms with E-state index in [1.807, 2.05) is 33.3 Å². The van der Waals surface area contributed by atoms with Crippen molar-refractivity contribution in [1.29, 1.82) is 0 Å². The van der Waals surface area contributed by atoms with Crippen molar-refractivity contribution >= 4 is 19.7 Å². The van der Waals surface area contributed by atoms with E-state index in [1.165, 1.54) is 173 Å². The van der Waals surface area contributed by atoms with Gasteiger partial charge in [0.1, 0.15) is 19.3 Å². The number of quaternary nitrogens is 1. The summed E-state index contributed by atoms with van der Waals surface area (Å²) in [6.45, 7) is 6.83. The molecule has 0 aromatic rings. The third-order valence-electron chi connectivity index (χ3n) is 13.4. The summed E-state index contributed by atoms with van der Waals surface area (Å²) >= 11 is 0. The number of unbranched alkanes of at least 4 members (excludes halogenated alkanes) is 35. The van der Waals surface area contributed by atoms with Crippen LogP contribution in [-0.2, 0) is 27.9 Å². The largest absolute Gasteiger partial charge is 0.756 e. The lowest BCUT2D eigenvalue weighted by atomic mass is 10.0. The number of rotatable bonds is 54. The van der Waals surface area contributed by atoms with Crippen molar-refractivity contribution < 1.29 is 37.3 Å². The first-order chi connectivity index (χ1) is 33.9. The van der Waals surface area contributed by atoms with E-state index >= 15 is 0 Å². The van der Waals surface area contributed by atoms with Crippen LogP contribution >= 0.6 is 7.82 Å². The van der Waals surface area contributed by atoms with E-state index in [4.69, 9.17) is 13.8 Å². The van der Waals surface area contributed by atoms with Gasteiger partial charge in [0.05, 0.1) is 33.8 Å². The minimum Gasteiger partial charge on any atom is -0.756 e. The van der Waals surface area contributed by atoms with Crippen molar-refractivity contribution in [3.8, 4) is 0 Å². The van der Waals surface area contributed by atoms with Crippen molar-refractivity contribution in [3.05, 3.63) is 36.5 Å². The monoisotopic (exact) mass is 1010 g/mol. The molecule has 0 saturated carbocycles. The van der Waals surface area contributed by atoms with Crippen molar-refractivity contribution in [2.45, 2.75) is 296 Å². The van der Waals surface area contributed by atoms with E-state index in [2.05, 4.69) is 50.4 Å². The van der Waals surface area contributed by atoms with Gasteiger partial charge in [-0.1, -0.05) is 250 Å². The second-order valence-electron chi connectivity index (χ2n) is 21.5. The fourth-order valence-electron chi connectivity index (χ4n) is 8.69. The van der Waals surface area contributed by atoms with Gasteiger partial charge in [-0.15, -0.1) is 0 Å². The molecule has 0 radical (unpaired) electrons. The highest BCUT2D eigenvalue weighted by atomic mass is 31.2. The van der Waals surface area contributed by atoms with Gasteiger partial charge in [0, 0.05) is 12.8 Å².